The van der Waals surface area contributed by atoms with Crippen LogP contribution in [0, 0.1) is 0 Å². The third-order valence-corrected chi connectivity index (χ3v) is 4.37. The van der Waals surface area contributed by atoms with Crippen LogP contribution < -0.4 is 0 Å². The van der Waals surface area contributed by atoms with Gasteiger partial charge in [0.05, 0.1) is 0 Å². The van der Waals surface area contributed by atoms with Gasteiger partial charge in [0.25, 0.3) is 0 Å². The van der Waals surface area contributed by atoms with E-state index in [1.54, 1.807) is 18.2 Å². The molecule has 0 bridgehead atoms. The standard InChI is InChI=1S/C14H16Cl3NO/c15-10-5-6-12(16)11(9-10)13(17)14(19)18-7-3-1-2-4-8-18/h5-6,9,13H,1-4,7-8H2. The van der Waals surface area contributed by atoms with Crippen molar-refractivity contribution in [2.45, 2.75) is 31.1 Å². The molecule has 1 amide bonds. The maximum Gasteiger partial charge on any atom is 0.245 e. The van der Waals surface area contributed by atoms with Gasteiger partial charge >= 0.3 is 0 Å². The van der Waals surface area contributed by atoms with Crippen molar-refractivity contribution < 1.29 is 4.79 Å². The number of amides is 1. The van der Waals surface area contributed by atoms with E-state index in [1.165, 1.54) is 12.8 Å². The third kappa shape index (κ3) is 3.77. The highest BCUT2D eigenvalue weighted by atomic mass is 35.5. The summed E-state index contributed by atoms with van der Waals surface area (Å²) in [6.07, 6.45) is 4.43. The van der Waals surface area contributed by atoms with Crippen LogP contribution in [-0.4, -0.2) is 23.9 Å². The summed E-state index contributed by atoms with van der Waals surface area (Å²) in [5.74, 6) is -0.0762. The molecule has 1 atom stereocenters. The number of carbonyl (C=O) groups is 1. The van der Waals surface area contributed by atoms with E-state index in [0.717, 1.165) is 25.9 Å². The van der Waals surface area contributed by atoms with Gasteiger partial charge in [0, 0.05) is 23.1 Å². The first kappa shape index (κ1) is 15.0. The first-order valence-electron chi connectivity index (χ1n) is 6.47. The molecule has 19 heavy (non-hydrogen) atoms. The molecule has 104 valence electrons. The Kier molecular flexibility index (Phi) is 5.37. The van der Waals surface area contributed by atoms with Gasteiger partial charge in [-0.3, -0.25) is 4.79 Å². The van der Waals surface area contributed by atoms with Crippen molar-refractivity contribution in [1.82, 2.24) is 4.90 Å². The van der Waals surface area contributed by atoms with E-state index < -0.39 is 5.38 Å². The molecule has 1 aliphatic rings. The Morgan fingerprint density at radius 2 is 1.74 bits per heavy atom. The minimum absolute atomic E-state index is 0.0762. The number of nitrogens with zero attached hydrogens (tertiary/aromatic N) is 1. The van der Waals surface area contributed by atoms with Crippen molar-refractivity contribution in [3.05, 3.63) is 33.8 Å². The van der Waals surface area contributed by atoms with Crippen LogP contribution in [0.1, 0.15) is 36.6 Å². The van der Waals surface area contributed by atoms with E-state index in [-0.39, 0.29) is 5.91 Å². The van der Waals surface area contributed by atoms with Crippen LogP contribution in [0.3, 0.4) is 0 Å². The van der Waals surface area contributed by atoms with Gasteiger partial charge in [-0.2, -0.15) is 0 Å². The zero-order chi connectivity index (χ0) is 13.8. The van der Waals surface area contributed by atoms with E-state index in [4.69, 9.17) is 34.8 Å². The smallest absolute Gasteiger partial charge is 0.245 e. The van der Waals surface area contributed by atoms with E-state index >= 15 is 0 Å². The van der Waals surface area contributed by atoms with Crippen molar-refractivity contribution in [2.24, 2.45) is 0 Å². The Morgan fingerprint density at radius 1 is 1.11 bits per heavy atom. The molecule has 0 saturated carbocycles. The van der Waals surface area contributed by atoms with Crippen molar-refractivity contribution in [1.29, 1.82) is 0 Å². The third-order valence-electron chi connectivity index (χ3n) is 3.37. The number of rotatable bonds is 2. The summed E-state index contributed by atoms with van der Waals surface area (Å²) < 4.78 is 0. The Labute approximate surface area is 128 Å². The lowest BCUT2D eigenvalue weighted by Crippen LogP contribution is -2.34. The highest BCUT2D eigenvalue weighted by Gasteiger charge is 2.26. The lowest BCUT2D eigenvalue weighted by molar-refractivity contribution is -0.130. The summed E-state index contributed by atoms with van der Waals surface area (Å²) in [6.45, 7) is 1.56. The summed E-state index contributed by atoms with van der Waals surface area (Å²) in [6, 6.07) is 5.02. The minimum atomic E-state index is -0.760. The molecular formula is C14H16Cl3NO. The Balaban J connectivity index is 2.15. The van der Waals surface area contributed by atoms with Gasteiger partial charge in [0.15, 0.2) is 0 Å². The second kappa shape index (κ2) is 6.83. The van der Waals surface area contributed by atoms with Gasteiger partial charge in [0.2, 0.25) is 5.91 Å². The van der Waals surface area contributed by atoms with Gasteiger partial charge in [-0.05, 0) is 36.6 Å². The average molecular weight is 321 g/mol. The van der Waals surface area contributed by atoms with Crippen LogP contribution in [-0.2, 0) is 4.79 Å². The Hall–Kier alpha value is -0.440. The first-order chi connectivity index (χ1) is 9.09. The SMILES string of the molecule is O=C(C(Cl)c1cc(Cl)ccc1Cl)N1CCCCCC1. The second-order valence-electron chi connectivity index (χ2n) is 4.77. The van der Waals surface area contributed by atoms with Crippen LogP contribution in [0.4, 0.5) is 0 Å². The predicted octanol–water partition coefficient (Wildman–Crippen LogP) is 4.68. The van der Waals surface area contributed by atoms with E-state index in [2.05, 4.69) is 0 Å². The van der Waals surface area contributed by atoms with Crippen LogP contribution in [0.15, 0.2) is 18.2 Å². The van der Waals surface area contributed by atoms with Crippen molar-refractivity contribution in [3.63, 3.8) is 0 Å². The maximum atomic E-state index is 12.4. The van der Waals surface area contributed by atoms with E-state index in [1.807, 2.05) is 4.90 Å². The van der Waals surface area contributed by atoms with Crippen LogP contribution >= 0.6 is 34.8 Å². The first-order valence-corrected chi connectivity index (χ1v) is 7.66. The lowest BCUT2D eigenvalue weighted by atomic mass is 10.1. The summed E-state index contributed by atoms with van der Waals surface area (Å²) in [5.41, 5.74) is 0.588. The van der Waals surface area contributed by atoms with Gasteiger partial charge < -0.3 is 4.90 Å². The summed E-state index contributed by atoms with van der Waals surface area (Å²) in [7, 11) is 0. The minimum Gasteiger partial charge on any atom is -0.341 e. The Bertz CT molecular complexity index is 456. The van der Waals surface area contributed by atoms with Gasteiger partial charge in [0.1, 0.15) is 5.38 Å². The molecule has 1 aliphatic heterocycles. The number of hydrogen-bond donors (Lipinski definition) is 0. The predicted molar refractivity (Wildman–Crippen MR) is 80.1 cm³/mol. The summed E-state index contributed by atoms with van der Waals surface area (Å²) in [4.78, 5) is 14.2. The van der Waals surface area contributed by atoms with Gasteiger partial charge in [-0.15, -0.1) is 11.6 Å². The number of alkyl halides is 1. The highest BCUT2D eigenvalue weighted by Crippen LogP contribution is 2.32. The topological polar surface area (TPSA) is 20.3 Å². The largest absolute Gasteiger partial charge is 0.341 e. The monoisotopic (exact) mass is 319 g/mol. The second-order valence-corrected chi connectivity index (χ2v) is 6.05. The van der Waals surface area contributed by atoms with Crippen LogP contribution in [0.2, 0.25) is 10.0 Å². The molecule has 0 radical (unpaired) electrons. The van der Waals surface area contributed by atoms with Gasteiger partial charge in [-0.25, -0.2) is 0 Å². The molecule has 0 aromatic heterocycles. The molecule has 1 heterocycles. The van der Waals surface area contributed by atoms with Gasteiger partial charge in [-0.1, -0.05) is 36.0 Å². The number of benzene rings is 1. The zero-order valence-corrected chi connectivity index (χ0v) is 12.8. The molecule has 1 aromatic carbocycles. The molecule has 2 nitrogen and oxygen atoms in total. The quantitative estimate of drug-likeness (QED) is 0.725. The normalized spacial score (nSPS) is 17.9. The molecule has 1 fully saturated rings. The highest BCUT2D eigenvalue weighted by molar-refractivity contribution is 6.37. The fourth-order valence-electron chi connectivity index (χ4n) is 2.29. The summed E-state index contributed by atoms with van der Waals surface area (Å²) in [5, 5.41) is 0.255. The van der Waals surface area contributed by atoms with E-state index in [0.29, 0.717) is 15.6 Å². The molecule has 0 spiro atoms. The number of likely N-dealkylation sites (tertiary alicyclic amines) is 1. The van der Waals surface area contributed by atoms with E-state index in [9.17, 15) is 4.79 Å². The fourth-order valence-corrected chi connectivity index (χ4v) is 3.07. The molecule has 5 heteroatoms. The molecule has 1 saturated heterocycles. The van der Waals surface area contributed by atoms with Crippen molar-refractivity contribution in [2.75, 3.05) is 13.1 Å². The maximum absolute atomic E-state index is 12.4. The summed E-state index contributed by atoms with van der Waals surface area (Å²) >= 11 is 18.3. The average Bonchev–Trinajstić information content (AvgIpc) is 2.69. The number of carbonyl (C=O) groups excluding carboxylic acids is 1. The molecule has 1 aromatic rings. The lowest BCUT2D eigenvalue weighted by Gasteiger charge is -2.23. The van der Waals surface area contributed by atoms with Crippen LogP contribution in [0.25, 0.3) is 0 Å². The van der Waals surface area contributed by atoms with Crippen molar-refractivity contribution >= 4 is 40.7 Å². The molecular weight excluding hydrogens is 305 g/mol. The molecule has 0 aliphatic carbocycles. The zero-order valence-electron chi connectivity index (χ0n) is 10.5. The molecule has 1 unspecified atom stereocenters. The molecule has 0 N–H and O–H groups in total. The number of hydrogen-bond acceptors (Lipinski definition) is 1. The Morgan fingerprint density at radius 3 is 2.37 bits per heavy atom. The van der Waals surface area contributed by atoms with Crippen molar-refractivity contribution in [3.8, 4) is 0 Å². The van der Waals surface area contributed by atoms with Crippen LogP contribution in [0.5, 0.6) is 0 Å². The molecule has 2 rings (SSSR count). The fraction of sp³-hybridized carbons (Fsp3) is 0.500. The number of halogens is 3.